The first-order valence-electron chi connectivity index (χ1n) is 7.95. The molecule has 9 nitrogen and oxygen atoms in total. The maximum atomic E-state index is 12.2. The molecular weight excluding hydrogens is 312 g/mol. The summed E-state index contributed by atoms with van der Waals surface area (Å²) in [6.45, 7) is 0.666. The zero-order chi connectivity index (χ0) is 16.9. The molecule has 2 aromatic heterocycles. The predicted molar refractivity (Wildman–Crippen MR) is 85.2 cm³/mol. The zero-order valence-electron chi connectivity index (χ0n) is 13.3. The smallest absolute Gasteiger partial charge is 0.327 e. The topological polar surface area (TPSA) is 113 Å². The van der Waals surface area contributed by atoms with Crippen LogP contribution in [-0.4, -0.2) is 49.3 Å². The second kappa shape index (κ2) is 5.15. The number of hydrogen-bond donors (Lipinski definition) is 2. The Kier molecular flexibility index (Phi) is 3.19. The summed E-state index contributed by atoms with van der Waals surface area (Å²) in [6, 6.07) is 0. The zero-order valence-corrected chi connectivity index (χ0v) is 13.3. The highest BCUT2D eigenvalue weighted by molar-refractivity contribution is 5.93. The predicted octanol–water partition coefficient (Wildman–Crippen LogP) is -0.00230. The maximum Gasteiger partial charge on any atom is 0.327 e. The Balaban J connectivity index is 1.46. The fraction of sp³-hybridized carbons (Fsp3) is 0.533. The number of nitrogens with zero attached hydrogens (tertiary/aromatic N) is 4. The van der Waals surface area contributed by atoms with Gasteiger partial charge in [0.2, 0.25) is 17.8 Å². The van der Waals surface area contributed by atoms with E-state index in [2.05, 4.69) is 20.3 Å². The molecule has 0 atom stereocenters. The van der Waals surface area contributed by atoms with Crippen molar-refractivity contribution in [2.24, 2.45) is 12.5 Å². The van der Waals surface area contributed by atoms with Crippen LogP contribution < -0.4 is 11.0 Å². The lowest BCUT2D eigenvalue weighted by molar-refractivity contribution is -0.138. The van der Waals surface area contributed by atoms with Crippen LogP contribution in [0.4, 0.5) is 5.95 Å². The van der Waals surface area contributed by atoms with Crippen LogP contribution in [0.3, 0.4) is 0 Å². The molecule has 1 aliphatic heterocycles. The van der Waals surface area contributed by atoms with E-state index < -0.39 is 0 Å². The third-order valence-corrected chi connectivity index (χ3v) is 4.92. The molecule has 1 saturated heterocycles. The van der Waals surface area contributed by atoms with Crippen molar-refractivity contribution in [1.82, 2.24) is 24.4 Å². The minimum Gasteiger partial charge on any atom is -0.333 e. The Morgan fingerprint density at radius 3 is 2.92 bits per heavy atom. The van der Waals surface area contributed by atoms with Crippen LogP contribution >= 0.6 is 0 Å². The number of imidazole rings is 1. The van der Waals surface area contributed by atoms with Crippen molar-refractivity contribution in [3.05, 3.63) is 16.7 Å². The third kappa shape index (κ3) is 2.55. The van der Waals surface area contributed by atoms with Gasteiger partial charge in [-0.25, -0.2) is 9.78 Å². The number of piperidine rings is 1. The van der Waals surface area contributed by atoms with Gasteiger partial charge in [0.25, 0.3) is 0 Å². The lowest BCUT2D eigenvalue weighted by atomic mass is 9.94. The van der Waals surface area contributed by atoms with Crippen molar-refractivity contribution in [2.45, 2.75) is 25.7 Å². The van der Waals surface area contributed by atoms with Gasteiger partial charge < -0.3 is 9.88 Å². The largest absolute Gasteiger partial charge is 0.333 e. The van der Waals surface area contributed by atoms with Crippen molar-refractivity contribution < 1.29 is 9.59 Å². The number of aryl methyl sites for hydroxylation is 1. The van der Waals surface area contributed by atoms with Crippen molar-refractivity contribution >= 4 is 28.9 Å². The van der Waals surface area contributed by atoms with E-state index in [0.29, 0.717) is 24.1 Å². The summed E-state index contributed by atoms with van der Waals surface area (Å²) in [6.07, 6.45) is 5.18. The first kappa shape index (κ1) is 14.9. The molecule has 0 bridgehead atoms. The molecule has 1 saturated carbocycles. The van der Waals surface area contributed by atoms with Crippen molar-refractivity contribution in [1.29, 1.82) is 0 Å². The van der Waals surface area contributed by atoms with Gasteiger partial charge in [-0.05, 0) is 24.7 Å². The number of amides is 2. The Morgan fingerprint density at radius 1 is 1.38 bits per heavy atom. The fourth-order valence-corrected chi connectivity index (χ4v) is 3.24. The number of nitrogens with one attached hydrogen (secondary N) is 2. The van der Waals surface area contributed by atoms with E-state index in [0.717, 1.165) is 19.3 Å². The Morgan fingerprint density at radius 2 is 2.17 bits per heavy atom. The van der Waals surface area contributed by atoms with Crippen LogP contribution in [0.15, 0.2) is 11.0 Å². The number of carbonyl (C=O) groups is 2. The molecule has 0 radical (unpaired) electrons. The molecule has 2 aliphatic rings. The van der Waals surface area contributed by atoms with E-state index in [1.165, 1.54) is 10.8 Å². The van der Waals surface area contributed by atoms with Gasteiger partial charge in [-0.1, -0.05) is 0 Å². The number of aromatic nitrogens is 4. The molecule has 24 heavy (non-hydrogen) atoms. The molecule has 1 spiro atoms. The van der Waals surface area contributed by atoms with E-state index >= 15 is 0 Å². The normalized spacial score (nSPS) is 19.0. The van der Waals surface area contributed by atoms with Gasteiger partial charge in [0.15, 0.2) is 5.65 Å². The molecule has 0 unspecified atom stereocenters. The summed E-state index contributed by atoms with van der Waals surface area (Å²) < 4.78 is 1.34. The van der Waals surface area contributed by atoms with Gasteiger partial charge >= 0.3 is 5.69 Å². The second-order valence-electron chi connectivity index (χ2n) is 6.72. The average molecular weight is 330 g/mol. The summed E-state index contributed by atoms with van der Waals surface area (Å²) in [5.74, 6) is -0.194. The summed E-state index contributed by atoms with van der Waals surface area (Å²) in [5, 5.41) is 2.60. The van der Waals surface area contributed by atoms with Crippen molar-refractivity contribution in [3.63, 3.8) is 0 Å². The van der Waals surface area contributed by atoms with Crippen LogP contribution in [0.2, 0.25) is 0 Å². The lowest BCUT2D eigenvalue weighted by Crippen LogP contribution is -2.45. The van der Waals surface area contributed by atoms with Crippen molar-refractivity contribution in [2.75, 3.05) is 18.4 Å². The van der Waals surface area contributed by atoms with Gasteiger partial charge in [0, 0.05) is 20.0 Å². The number of rotatable bonds is 3. The Hall–Kier alpha value is -2.71. The summed E-state index contributed by atoms with van der Waals surface area (Å²) in [4.78, 5) is 48.2. The van der Waals surface area contributed by atoms with Gasteiger partial charge in [-0.15, -0.1) is 0 Å². The van der Waals surface area contributed by atoms with Gasteiger partial charge in [0.1, 0.15) is 5.52 Å². The molecule has 9 heteroatoms. The highest BCUT2D eigenvalue weighted by atomic mass is 16.2. The molecule has 2 amide bonds. The minimum atomic E-state index is -0.332. The molecule has 4 rings (SSSR count). The number of carbonyl (C=O) groups excluding carboxylic acids is 2. The van der Waals surface area contributed by atoms with Gasteiger partial charge in [-0.3, -0.25) is 19.5 Å². The van der Waals surface area contributed by atoms with E-state index in [-0.39, 0.29) is 35.4 Å². The summed E-state index contributed by atoms with van der Waals surface area (Å²) >= 11 is 0. The number of aromatic amines is 1. The number of likely N-dealkylation sites (tertiary alicyclic amines) is 1. The van der Waals surface area contributed by atoms with Crippen LogP contribution in [0.25, 0.3) is 11.2 Å². The maximum absolute atomic E-state index is 12.2. The van der Waals surface area contributed by atoms with E-state index in [1.54, 1.807) is 11.9 Å². The van der Waals surface area contributed by atoms with Crippen molar-refractivity contribution in [3.8, 4) is 0 Å². The first-order chi connectivity index (χ1) is 11.5. The van der Waals surface area contributed by atoms with Crippen LogP contribution in [0.5, 0.6) is 0 Å². The summed E-state index contributed by atoms with van der Waals surface area (Å²) in [5.41, 5.74) is 0.877. The van der Waals surface area contributed by atoms with Crippen LogP contribution in [-0.2, 0) is 16.6 Å². The molecule has 2 fully saturated rings. The van der Waals surface area contributed by atoms with Crippen LogP contribution in [0, 0.1) is 5.41 Å². The highest BCUT2D eigenvalue weighted by Crippen LogP contribution is 2.52. The van der Waals surface area contributed by atoms with E-state index in [1.807, 2.05) is 0 Å². The monoisotopic (exact) mass is 330 g/mol. The molecule has 2 aromatic rings. The number of fused-ring (bicyclic) bond motifs is 1. The Bertz CT molecular complexity index is 894. The minimum absolute atomic E-state index is 0.00798. The number of anilines is 1. The van der Waals surface area contributed by atoms with Crippen LogP contribution in [0.1, 0.15) is 25.7 Å². The molecule has 2 N–H and O–H groups in total. The standard InChI is InChI=1S/C15H18N6O3/c1-20-12-9(17-14(20)24)6-16-13(19-12)18-10(22)7-21-8-15(4-5-15)3-2-11(21)23/h6H,2-5,7-8H2,1H3,(H,17,24)(H,16,18,19,22). The SMILES string of the molecule is Cn1c(=O)[nH]c2cnc(NC(=O)CN3CC4(CCC3=O)CC4)nc21. The molecular formula is C15H18N6O3. The molecule has 126 valence electrons. The number of H-pyrrole nitrogens is 1. The number of hydrogen-bond acceptors (Lipinski definition) is 5. The average Bonchev–Trinajstić information content (AvgIpc) is 3.24. The second-order valence-corrected chi connectivity index (χ2v) is 6.72. The molecule has 3 heterocycles. The fourth-order valence-electron chi connectivity index (χ4n) is 3.24. The first-order valence-corrected chi connectivity index (χ1v) is 7.95. The van der Waals surface area contributed by atoms with Gasteiger partial charge in [0.05, 0.1) is 12.7 Å². The third-order valence-electron chi connectivity index (χ3n) is 4.92. The summed E-state index contributed by atoms with van der Waals surface area (Å²) in [7, 11) is 1.58. The quantitative estimate of drug-likeness (QED) is 0.822. The van der Waals surface area contributed by atoms with E-state index in [9.17, 15) is 14.4 Å². The highest BCUT2D eigenvalue weighted by Gasteiger charge is 2.47. The van der Waals surface area contributed by atoms with E-state index in [4.69, 9.17) is 0 Å². The molecule has 1 aliphatic carbocycles. The van der Waals surface area contributed by atoms with Gasteiger partial charge in [-0.2, -0.15) is 4.98 Å². The Labute approximate surface area is 137 Å². The molecule has 0 aromatic carbocycles. The lowest BCUT2D eigenvalue weighted by Gasteiger charge is -2.32.